The number of allylic oxidation sites excluding steroid dienone is 2. The maximum atomic E-state index is 3.56. The van der Waals surface area contributed by atoms with Gasteiger partial charge in [-0.3, -0.25) is 0 Å². The van der Waals surface area contributed by atoms with Crippen molar-refractivity contribution in [3.05, 3.63) is 39.9 Å². The molecule has 1 spiro atoms. The maximum Gasteiger partial charge on any atom is 0.0181 e. The molecule has 78 valence electrons. The molecule has 1 heteroatoms. The fourth-order valence-electron chi connectivity index (χ4n) is 3.27. The van der Waals surface area contributed by atoms with Crippen LogP contribution in [0.15, 0.2) is 28.7 Å². The Balaban J connectivity index is 2.19. The predicted molar refractivity (Wildman–Crippen MR) is 67.9 cm³/mol. The van der Waals surface area contributed by atoms with Gasteiger partial charge >= 0.3 is 0 Å². The SMILES string of the molecule is CC1=CC2(CCCC2)c2ccc(Br)cc21. The molecule has 0 nitrogen and oxygen atoms in total. The average molecular weight is 263 g/mol. The van der Waals surface area contributed by atoms with E-state index in [2.05, 4.69) is 47.1 Å². The van der Waals surface area contributed by atoms with E-state index in [1.165, 1.54) is 41.3 Å². The number of rotatable bonds is 0. The highest BCUT2D eigenvalue weighted by molar-refractivity contribution is 9.10. The molecule has 0 amide bonds. The van der Waals surface area contributed by atoms with E-state index >= 15 is 0 Å². The van der Waals surface area contributed by atoms with E-state index in [1.807, 2.05) is 0 Å². The quantitative estimate of drug-likeness (QED) is 0.637. The van der Waals surface area contributed by atoms with Gasteiger partial charge in [-0.1, -0.05) is 40.9 Å². The molecule has 15 heavy (non-hydrogen) atoms. The molecule has 0 aliphatic heterocycles. The Kier molecular flexibility index (Phi) is 2.07. The third-order valence-corrected chi connectivity index (χ3v) is 4.42. The topological polar surface area (TPSA) is 0 Å². The number of benzene rings is 1. The normalized spacial score (nSPS) is 21.9. The summed E-state index contributed by atoms with van der Waals surface area (Å²) in [5.41, 5.74) is 4.90. The second-order valence-electron chi connectivity index (χ2n) is 4.88. The van der Waals surface area contributed by atoms with Crippen molar-refractivity contribution < 1.29 is 0 Å². The first kappa shape index (κ1) is 9.65. The Morgan fingerprint density at radius 2 is 1.93 bits per heavy atom. The fraction of sp³-hybridized carbons (Fsp3) is 0.429. The molecule has 1 aromatic carbocycles. The Bertz CT molecular complexity index is 437. The summed E-state index contributed by atoms with van der Waals surface area (Å²) in [6.45, 7) is 2.25. The summed E-state index contributed by atoms with van der Waals surface area (Å²) in [5.74, 6) is 0. The van der Waals surface area contributed by atoms with Crippen molar-refractivity contribution in [2.45, 2.75) is 38.0 Å². The van der Waals surface area contributed by atoms with Crippen molar-refractivity contribution in [3.8, 4) is 0 Å². The summed E-state index contributed by atoms with van der Waals surface area (Å²) in [6, 6.07) is 6.78. The maximum absolute atomic E-state index is 3.56. The molecule has 0 aromatic heterocycles. The Hall–Kier alpha value is -0.560. The molecular formula is C14H15Br. The molecule has 0 atom stereocenters. The van der Waals surface area contributed by atoms with Gasteiger partial charge < -0.3 is 0 Å². The molecule has 0 bridgehead atoms. The highest BCUT2D eigenvalue weighted by Gasteiger charge is 2.39. The number of hydrogen-bond acceptors (Lipinski definition) is 0. The first-order chi connectivity index (χ1) is 7.21. The fourth-order valence-corrected chi connectivity index (χ4v) is 3.63. The van der Waals surface area contributed by atoms with Gasteiger partial charge in [-0.15, -0.1) is 0 Å². The molecule has 2 aliphatic rings. The molecule has 2 aliphatic carbocycles. The summed E-state index contributed by atoms with van der Waals surface area (Å²) < 4.78 is 1.20. The lowest BCUT2D eigenvalue weighted by Crippen LogP contribution is -2.16. The molecule has 0 saturated heterocycles. The van der Waals surface area contributed by atoms with Gasteiger partial charge in [0.15, 0.2) is 0 Å². The lowest BCUT2D eigenvalue weighted by molar-refractivity contribution is 0.567. The predicted octanol–water partition coefficient (Wildman–Crippen LogP) is 4.68. The van der Waals surface area contributed by atoms with Gasteiger partial charge in [-0.2, -0.15) is 0 Å². The Labute approximate surface area is 99.5 Å². The summed E-state index contributed by atoms with van der Waals surface area (Å²) in [7, 11) is 0. The van der Waals surface area contributed by atoms with Gasteiger partial charge in [0, 0.05) is 9.89 Å². The van der Waals surface area contributed by atoms with Crippen molar-refractivity contribution in [2.24, 2.45) is 0 Å². The smallest absolute Gasteiger partial charge is 0.0181 e. The molecule has 1 fully saturated rings. The first-order valence-electron chi connectivity index (χ1n) is 5.71. The third kappa shape index (κ3) is 1.32. The van der Waals surface area contributed by atoms with Crippen LogP contribution in [-0.4, -0.2) is 0 Å². The molecule has 0 radical (unpaired) electrons. The van der Waals surface area contributed by atoms with E-state index in [0.29, 0.717) is 5.41 Å². The monoisotopic (exact) mass is 262 g/mol. The summed E-state index contributed by atoms with van der Waals surface area (Å²) in [4.78, 5) is 0. The zero-order chi connectivity index (χ0) is 10.5. The van der Waals surface area contributed by atoms with E-state index in [-0.39, 0.29) is 0 Å². The first-order valence-corrected chi connectivity index (χ1v) is 6.50. The molecule has 1 saturated carbocycles. The van der Waals surface area contributed by atoms with E-state index in [0.717, 1.165) is 0 Å². The van der Waals surface area contributed by atoms with Gasteiger partial charge in [0.2, 0.25) is 0 Å². The van der Waals surface area contributed by atoms with E-state index in [4.69, 9.17) is 0 Å². The van der Waals surface area contributed by atoms with E-state index in [9.17, 15) is 0 Å². The van der Waals surface area contributed by atoms with Gasteiger partial charge in [0.25, 0.3) is 0 Å². The number of halogens is 1. The van der Waals surface area contributed by atoms with Gasteiger partial charge in [-0.25, -0.2) is 0 Å². The van der Waals surface area contributed by atoms with Crippen LogP contribution in [0.2, 0.25) is 0 Å². The van der Waals surface area contributed by atoms with E-state index < -0.39 is 0 Å². The molecule has 0 unspecified atom stereocenters. The van der Waals surface area contributed by atoms with Crippen LogP contribution in [0.3, 0.4) is 0 Å². The van der Waals surface area contributed by atoms with Crippen molar-refractivity contribution in [2.75, 3.05) is 0 Å². The minimum absolute atomic E-state index is 0.403. The summed E-state index contributed by atoms with van der Waals surface area (Å²) in [5, 5.41) is 0. The van der Waals surface area contributed by atoms with Gasteiger partial charge in [-0.05, 0) is 48.6 Å². The Morgan fingerprint density at radius 1 is 1.20 bits per heavy atom. The number of fused-ring (bicyclic) bond motifs is 2. The highest BCUT2D eigenvalue weighted by Crippen LogP contribution is 2.50. The van der Waals surface area contributed by atoms with Crippen LogP contribution in [0, 0.1) is 0 Å². The minimum Gasteiger partial charge on any atom is -0.0704 e. The van der Waals surface area contributed by atoms with E-state index in [1.54, 1.807) is 5.56 Å². The lowest BCUT2D eigenvalue weighted by atomic mass is 9.81. The average Bonchev–Trinajstić information content (AvgIpc) is 2.76. The largest absolute Gasteiger partial charge is 0.0704 e. The number of hydrogen-bond donors (Lipinski definition) is 0. The van der Waals surface area contributed by atoms with Crippen LogP contribution in [0.4, 0.5) is 0 Å². The van der Waals surface area contributed by atoms with Crippen LogP contribution >= 0.6 is 15.9 Å². The molecule has 0 heterocycles. The summed E-state index contributed by atoms with van der Waals surface area (Å²) >= 11 is 3.56. The van der Waals surface area contributed by atoms with Crippen molar-refractivity contribution in [1.29, 1.82) is 0 Å². The van der Waals surface area contributed by atoms with Crippen molar-refractivity contribution in [3.63, 3.8) is 0 Å². The van der Waals surface area contributed by atoms with Crippen LogP contribution in [-0.2, 0) is 5.41 Å². The lowest BCUT2D eigenvalue weighted by Gasteiger charge is -2.22. The zero-order valence-electron chi connectivity index (χ0n) is 9.02. The van der Waals surface area contributed by atoms with Gasteiger partial charge in [0.1, 0.15) is 0 Å². The molecular weight excluding hydrogens is 248 g/mol. The third-order valence-electron chi connectivity index (χ3n) is 3.93. The molecule has 1 aromatic rings. The summed E-state index contributed by atoms with van der Waals surface area (Å²) in [6.07, 6.45) is 7.98. The Morgan fingerprint density at radius 3 is 2.67 bits per heavy atom. The van der Waals surface area contributed by atoms with Crippen LogP contribution in [0.5, 0.6) is 0 Å². The van der Waals surface area contributed by atoms with Gasteiger partial charge in [0.05, 0.1) is 0 Å². The highest BCUT2D eigenvalue weighted by atomic mass is 79.9. The molecule has 0 N–H and O–H groups in total. The minimum atomic E-state index is 0.403. The standard InChI is InChI=1S/C14H15Br/c1-10-9-14(6-2-3-7-14)13-5-4-11(15)8-12(10)13/h4-5,8-9H,2-3,6-7H2,1H3. The second-order valence-corrected chi connectivity index (χ2v) is 5.80. The molecule has 3 rings (SSSR count). The van der Waals surface area contributed by atoms with Crippen LogP contribution in [0.25, 0.3) is 5.57 Å². The van der Waals surface area contributed by atoms with Crippen molar-refractivity contribution in [1.82, 2.24) is 0 Å². The van der Waals surface area contributed by atoms with Crippen LogP contribution in [0.1, 0.15) is 43.7 Å². The zero-order valence-corrected chi connectivity index (χ0v) is 10.6. The van der Waals surface area contributed by atoms with Crippen LogP contribution < -0.4 is 0 Å². The van der Waals surface area contributed by atoms with Crippen molar-refractivity contribution >= 4 is 21.5 Å². The second kappa shape index (κ2) is 3.21.